The summed E-state index contributed by atoms with van der Waals surface area (Å²) in [5, 5.41) is 8.83. The highest BCUT2D eigenvalue weighted by atomic mass is 32.1. The van der Waals surface area contributed by atoms with Gasteiger partial charge in [-0.15, -0.1) is 0 Å². The third kappa shape index (κ3) is 1.99. The zero-order valence-corrected chi connectivity index (χ0v) is 9.41. The second kappa shape index (κ2) is 4.09. The van der Waals surface area contributed by atoms with Gasteiger partial charge in [0.1, 0.15) is 0 Å². The molecule has 1 atom stereocenters. The minimum absolute atomic E-state index is 0.356. The van der Waals surface area contributed by atoms with E-state index in [1.165, 1.54) is 0 Å². The Morgan fingerprint density at radius 3 is 3.00 bits per heavy atom. The number of aliphatic carboxylic acids is 1. The van der Waals surface area contributed by atoms with Crippen LogP contribution in [0.1, 0.15) is 12.5 Å². The third-order valence-corrected chi connectivity index (χ3v) is 3.18. The van der Waals surface area contributed by atoms with E-state index >= 15 is 0 Å². The fraction of sp³-hybridized carbons (Fsp3) is 0.273. The summed E-state index contributed by atoms with van der Waals surface area (Å²) < 4.78 is 5.81. The molecule has 0 aliphatic carbocycles. The van der Waals surface area contributed by atoms with Crippen molar-refractivity contribution in [3.63, 3.8) is 0 Å². The van der Waals surface area contributed by atoms with Crippen LogP contribution in [0.5, 0.6) is 0 Å². The van der Waals surface area contributed by atoms with E-state index in [1.807, 2.05) is 0 Å². The van der Waals surface area contributed by atoms with E-state index in [4.69, 9.17) is 9.52 Å². The van der Waals surface area contributed by atoms with Crippen LogP contribution in [0.3, 0.4) is 0 Å². The van der Waals surface area contributed by atoms with E-state index in [0.29, 0.717) is 12.0 Å². The summed E-state index contributed by atoms with van der Waals surface area (Å²) in [5.74, 6) is -1.34. The molecule has 2 aromatic rings. The van der Waals surface area contributed by atoms with Gasteiger partial charge in [-0.25, -0.2) is 4.79 Å². The number of hydrogen-bond donors (Lipinski definition) is 1. The lowest BCUT2D eigenvalue weighted by atomic mass is 10.0. The molecule has 1 aromatic carbocycles. The van der Waals surface area contributed by atoms with Crippen LogP contribution in [0.2, 0.25) is 0 Å². The van der Waals surface area contributed by atoms with Crippen molar-refractivity contribution in [3.05, 3.63) is 33.5 Å². The maximum absolute atomic E-state index is 11.1. The maximum Gasteiger partial charge on any atom is 0.396 e. The number of rotatable bonds is 3. The molecule has 0 amide bonds. The first kappa shape index (κ1) is 10.9. The molecule has 1 N–H and O–H groups in total. The summed E-state index contributed by atoms with van der Waals surface area (Å²) in [6.07, 6.45) is 0.367. The largest absolute Gasteiger partial charge is 0.481 e. The van der Waals surface area contributed by atoms with Gasteiger partial charge in [0.15, 0.2) is 5.58 Å². The van der Waals surface area contributed by atoms with Crippen LogP contribution in [0, 0.1) is 5.92 Å². The minimum Gasteiger partial charge on any atom is -0.481 e. The Morgan fingerprint density at radius 2 is 2.31 bits per heavy atom. The molecule has 0 bridgehead atoms. The van der Waals surface area contributed by atoms with Crippen LogP contribution in [0.4, 0.5) is 0 Å². The molecule has 0 saturated heterocycles. The molecule has 0 aliphatic rings. The molecule has 0 radical (unpaired) electrons. The van der Waals surface area contributed by atoms with E-state index in [2.05, 4.69) is 0 Å². The van der Waals surface area contributed by atoms with Crippen LogP contribution < -0.4 is 4.94 Å². The van der Waals surface area contributed by atoms with Crippen molar-refractivity contribution in [2.75, 3.05) is 0 Å². The van der Waals surface area contributed by atoms with Gasteiger partial charge in [-0.3, -0.25) is 4.79 Å². The fourth-order valence-corrected chi connectivity index (χ4v) is 2.25. The number of para-hydroxylation sites is 1. The van der Waals surface area contributed by atoms with Gasteiger partial charge in [0.25, 0.3) is 0 Å². The predicted molar refractivity (Wildman–Crippen MR) is 60.9 cm³/mol. The predicted octanol–water partition coefficient (Wildman–Crippen LogP) is 2.12. The SMILES string of the molecule is CC(Cc1cccc2sc(=O)oc12)C(=O)O. The van der Waals surface area contributed by atoms with E-state index in [9.17, 15) is 9.59 Å². The molecule has 1 heterocycles. The van der Waals surface area contributed by atoms with Crippen molar-refractivity contribution in [2.45, 2.75) is 13.3 Å². The minimum atomic E-state index is -0.852. The van der Waals surface area contributed by atoms with Gasteiger partial charge in [0.05, 0.1) is 10.6 Å². The first-order valence-electron chi connectivity index (χ1n) is 4.82. The molecule has 0 spiro atoms. The zero-order valence-electron chi connectivity index (χ0n) is 8.60. The maximum atomic E-state index is 11.1. The molecular formula is C11H10O4S. The first-order chi connectivity index (χ1) is 7.58. The molecule has 0 aliphatic heterocycles. The monoisotopic (exact) mass is 238 g/mol. The summed E-state index contributed by atoms with van der Waals surface area (Å²) >= 11 is 1.03. The normalized spacial score (nSPS) is 12.8. The summed E-state index contributed by atoms with van der Waals surface area (Å²) in [6, 6.07) is 5.38. The van der Waals surface area contributed by atoms with Crippen LogP contribution >= 0.6 is 11.3 Å². The first-order valence-corrected chi connectivity index (χ1v) is 5.64. The van der Waals surface area contributed by atoms with Crippen LogP contribution in [0.15, 0.2) is 27.4 Å². The molecule has 16 heavy (non-hydrogen) atoms. The topological polar surface area (TPSA) is 67.5 Å². The van der Waals surface area contributed by atoms with Crippen molar-refractivity contribution in [1.82, 2.24) is 0 Å². The third-order valence-electron chi connectivity index (χ3n) is 2.39. The average Bonchev–Trinajstić information content (AvgIpc) is 2.59. The molecular weight excluding hydrogens is 228 g/mol. The standard InChI is InChI=1S/C11H10O4S/c1-6(10(12)13)5-7-3-2-4-8-9(7)15-11(14)16-8/h2-4,6H,5H2,1H3,(H,12,13). The van der Waals surface area contributed by atoms with E-state index in [-0.39, 0.29) is 4.94 Å². The van der Waals surface area contributed by atoms with Crippen molar-refractivity contribution in [3.8, 4) is 0 Å². The molecule has 4 nitrogen and oxygen atoms in total. The number of benzene rings is 1. The molecule has 5 heteroatoms. The molecule has 1 unspecified atom stereocenters. The number of carbonyl (C=O) groups is 1. The summed E-state index contributed by atoms with van der Waals surface area (Å²) in [6.45, 7) is 1.63. The summed E-state index contributed by atoms with van der Waals surface area (Å²) in [4.78, 5) is 21.5. The zero-order chi connectivity index (χ0) is 11.7. The average molecular weight is 238 g/mol. The highest BCUT2D eigenvalue weighted by Crippen LogP contribution is 2.23. The Labute approximate surface area is 95.1 Å². The van der Waals surface area contributed by atoms with Gasteiger partial charge in [-0.05, 0) is 18.1 Å². The molecule has 0 saturated carbocycles. The number of carboxylic acids is 1. The van der Waals surface area contributed by atoms with Crippen molar-refractivity contribution >= 4 is 27.6 Å². The molecule has 84 valence electrons. The van der Waals surface area contributed by atoms with Gasteiger partial charge < -0.3 is 9.52 Å². The second-order valence-corrected chi connectivity index (χ2v) is 4.62. The lowest BCUT2D eigenvalue weighted by Crippen LogP contribution is -2.12. The van der Waals surface area contributed by atoms with Crippen molar-refractivity contribution in [1.29, 1.82) is 0 Å². The highest BCUT2D eigenvalue weighted by Gasteiger charge is 2.15. The van der Waals surface area contributed by atoms with Gasteiger partial charge >= 0.3 is 10.9 Å². The van der Waals surface area contributed by atoms with Crippen LogP contribution in [-0.4, -0.2) is 11.1 Å². The van der Waals surface area contributed by atoms with Gasteiger partial charge in [-0.1, -0.05) is 30.4 Å². The molecule has 0 fully saturated rings. The Balaban J connectivity index is 2.44. The number of fused-ring (bicyclic) bond motifs is 1. The van der Waals surface area contributed by atoms with Crippen LogP contribution in [-0.2, 0) is 11.2 Å². The Hall–Kier alpha value is -1.62. The van der Waals surface area contributed by atoms with E-state index in [1.54, 1.807) is 25.1 Å². The quantitative estimate of drug-likeness (QED) is 0.889. The second-order valence-electron chi connectivity index (χ2n) is 3.64. The molecule has 1 aromatic heterocycles. The highest BCUT2D eigenvalue weighted by molar-refractivity contribution is 7.16. The Kier molecular flexibility index (Phi) is 2.78. The van der Waals surface area contributed by atoms with Gasteiger partial charge in [0.2, 0.25) is 0 Å². The van der Waals surface area contributed by atoms with Gasteiger partial charge in [0, 0.05) is 0 Å². The van der Waals surface area contributed by atoms with Crippen molar-refractivity contribution in [2.24, 2.45) is 5.92 Å². The van der Waals surface area contributed by atoms with E-state index < -0.39 is 11.9 Å². The van der Waals surface area contributed by atoms with Crippen LogP contribution in [0.25, 0.3) is 10.3 Å². The lowest BCUT2D eigenvalue weighted by molar-refractivity contribution is -0.141. The Morgan fingerprint density at radius 1 is 1.56 bits per heavy atom. The Bertz CT molecular complexity index is 581. The smallest absolute Gasteiger partial charge is 0.396 e. The number of hydrogen-bond acceptors (Lipinski definition) is 4. The summed E-state index contributed by atoms with van der Waals surface area (Å²) in [7, 11) is 0. The van der Waals surface area contributed by atoms with Gasteiger partial charge in [-0.2, -0.15) is 0 Å². The number of carboxylic acid groups (broad SMARTS) is 1. The molecule has 2 rings (SSSR count). The fourth-order valence-electron chi connectivity index (χ4n) is 1.53. The lowest BCUT2D eigenvalue weighted by Gasteiger charge is -2.05. The van der Waals surface area contributed by atoms with E-state index in [0.717, 1.165) is 21.6 Å². The van der Waals surface area contributed by atoms with Crippen molar-refractivity contribution < 1.29 is 14.3 Å². The summed E-state index contributed by atoms with van der Waals surface area (Å²) in [5.41, 5.74) is 1.29.